The normalized spacial score (nSPS) is 10.7. The maximum absolute atomic E-state index is 12.0. The van der Waals surface area contributed by atoms with E-state index in [9.17, 15) is 14.9 Å². The average Bonchev–Trinajstić information content (AvgIpc) is 2.99. The zero-order chi connectivity index (χ0) is 17.6. The van der Waals surface area contributed by atoms with E-state index in [4.69, 9.17) is 0 Å². The SMILES string of the molecule is O=c1[nH]nc(SCc2ccccc2[N+](=O)[O-])n1CCc1ccccc1. The van der Waals surface area contributed by atoms with Crippen LogP contribution >= 0.6 is 11.8 Å². The molecule has 0 unspecified atom stereocenters. The highest BCUT2D eigenvalue weighted by molar-refractivity contribution is 7.98. The lowest BCUT2D eigenvalue weighted by molar-refractivity contribution is -0.385. The number of nitrogens with one attached hydrogen (secondary N) is 1. The molecule has 0 saturated heterocycles. The van der Waals surface area contributed by atoms with E-state index >= 15 is 0 Å². The first-order valence-electron chi connectivity index (χ1n) is 7.69. The summed E-state index contributed by atoms with van der Waals surface area (Å²) < 4.78 is 1.56. The number of nitro groups is 1. The van der Waals surface area contributed by atoms with Gasteiger partial charge in [0.25, 0.3) is 5.69 Å². The van der Waals surface area contributed by atoms with Crippen molar-refractivity contribution in [2.24, 2.45) is 0 Å². The first kappa shape index (κ1) is 17.0. The van der Waals surface area contributed by atoms with Gasteiger partial charge in [-0.3, -0.25) is 14.7 Å². The molecule has 0 radical (unpaired) electrons. The van der Waals surface area contributed by atoms with E-state index in [0.717, 1.165) is 5.56 Å². The number of hydrogen-bond acceptors (Lipinski definition) is 5. The Morgan fingerprint density at radius 2 is 1.84 bits per heavy atom. The first-order valence-corrected chi connectivity index (χ1v) is 8.68. The molecule has 0 aliphatic carbocycles. The second kappa shape index (κ2) is 7.80. The number of aromatic nitrogens is 3. The summed E-state index contributed by atoms with van der Waals surface area (Å²) in [5.74, 6) is 0.368. The molecule has 25 heavy (non-hydrogen) atoms. The molecule has 1 aromatic heterocycles. The maximum Gasteiger partial charge on any atom is 0.343 e. The predicted molar refractivity (Wildman–Crippen MR) is 95.7 cm³/mol. The number of H-pyrrole nitrogens is 1. The number of aromatic amines is 1. The molecular formula is C17H16N4O3S. The zero-order valence-corrected chi connectivity index (χ0v) is 14.1. The Balaban J connectivity index is 1.72. The van der Waals surface area contributed by atoms with E-state index in [2.05, 4.69) is 10.2 Å². The van der Waals surface area contributed by atoms with E-state index in [-0.39, 0.29) is 11.4 Å². The highest BCUT2D eigenvalue weighted by atomic mass is 32.2. The molecule has 1 N–H and O–H groups in total. The first-order chi connectivity index (χ1) is 12.1. The number of rotatable bonds is 7. The van der Waals surface area contributed by atoms with E-state index in [1.165, 1.54) is 17.8 Å². The lowest BCUT2D eigenvalue weighted by Crippen LogP contribution is -2.18. The van der Waals surface area contributed by atoms with Gasteiger partial charge in [-0.25, -0.2) is 9.89 Å². The van der Waals surface area contributed by atoms with Gasteiger partial charge in [0.05, 0.1) is 4.92 Å². The number of hydrogen-bond donors (Lipinski definition) is 1. The third kappa shape index (κ3) is 4.16. The number of benzene rings is 2. The van der Waals surface area contributed by atoms with Crippen LogP contribution in [0.15, 0.2) is 64.5 Å². The molecule has 0 saturated carbocycles. The van der Waals surface area contributed by atoms with Crippen molar-refractivity contribution >= 4 is 17.4 Å². The molecule has 0 atom stereocenters. The molecule has 0 aliphatic heterocycles. The minimum absolute atomic E-state index is 0.0729. The van der Waals surface area contributed by atoms with Crippen LogP contribution in [0.1, 0.15) is 11.1 Å². The van der Waals surface area contributed by atoms with Gasteiger partial charge < -0.3 is 0 Å². The molecule has 1 heterocycles. The topological polar surface area (TPSA) is 93.8 Å². The molecule has 0 fully saturated rings. The van der Waals surface area contributed by atoms with Crippen molar-refractivity contribution in [3.05, 3.63) is 86.3 Å². The van der Waals surface area contributed by atoms with Crippen molar-refractivity contribution < 1.29 is 4.92 Å². The van der Waals surface area contributed by atoms with Crippen molar-refractivity contribution in [1.29, 1.82) is 0 Å². The van der Waals surface area contributed by atoms with E-state index < -0.39 is 4.92 Å². The van der Waals surface area contributed by atoms with Gasteiger partial charge in [-0.05, 0) is 12.0 Å². The van der Waals surface area contributed by atoms with Crippen molar-refractivity contribution in [3.8, 4) is 0 Å². The fourth-order valence-corrected chi connectivity index (χ4v) is 3.42. The second-order valence-electron chi connectivity index (χ2n) is 5.37. The van der Waals surface area contributed by atoms with Gasteiger partial charge in [0.2, 0.25) is 0 Å². The molecule has 8 heteroatoms. The van der Waals surface area contributed by atoms with Crippen LogP contribution in [0.5, 0.6) is 0 Å². The summed E-state index contributed by atoms with van der Waals surface area (Å²) in [6, 6.07) is 16.5. The molecule has 3 aromatic rings. The Hall–Kier alpha value is -2.87. The van der Waals surface area contributed by atoms with Gasteiger partial charge in [0, 0.05) is 23.9 Å². The lowest BCUT2D eigenvalue weighted by Gasteiger charge is -2.06. The zero-order valence-electron chi connectivity index (χ0n) is 13.3. The highest BCUT2D eigenvalue weighted by Crippen LogP contribution is 2.26. The number of thioether (sulfide) groups is 1. The van der Waals surface area contributed by atoms with Crippen LogP contribution in [0, 0.1) is 10.1 Å². The molecule has 128 valence electrons. The van der Waals surface area contributed by atoms with Gasteiger partial charge in [-0.15, -0.1) is 5.10 Å². The Bertz CT molecular complexity index is 921. The molecule has 3 rings (SSSR count). The molecular weight excluding hydrogens is 340 g/mol. The predicted octanol–water partition coefficient (Wildman–Crippen LogP) is 3.01. The second-order valence-corrected chi connectivity index (χ2v) is 6.32. The number of para-hydroxylation sites is 1. The molecule has 0 amide bonds. The van der Waals surface area contributed by atoms with Crippen molar-refractivity contribution in [2.45, 2.75) is 23.9 Å². The van der Waals surface area contributed by atoms with Crippen molar-refractivity contribution in [3.63, 3.8) is 0 Å². The van der Waals surface area contributed by atoms with Crippen LogP contribution < -0.4 is 5.69 Å². The Labute approximate surface area is 147 Å². The molecule has 0 aliphatic rings. The minimum atomic E-state index is -0.400. The fourth-order valence-electron chi connectivity index (χ4n) is 2.45. The van der Waals surface area contributed by atoms with Crippen LogP contribution in [0.2, 0.25) is 0 Å². The Morgan fingerprint density at radius 3 is 2.60 bits per heavy atom. The van der Waals surface area contributed by atoms with Crippen molar-refractivity contribution in [1.82, 2.24) is 14.8 Å². The van der Waals surface area contributed by atoms with Gasteiger partial charge in [0.1, 0.15) is 0 Å². The Kier molecular flexibility index (Phi) is 5.30. The third-order valence-corrected chi connectivity index (χ3v) is 4.76. The fraction of sp³-hybridized carbons (Fsp3) is 0.176. The summed E-state index contributed by atoms with van der Waals surface area (Å²) in [5.41, 5.74) is 1.53. The van der Waals surface area contributed by atoms with Crippen LogP contribution in [0.4, 0.5) is 5.69 Å². The number of nitro benzene ring substituents is 1. The van der Waals surface area contributed by atoms with Gasteiger partial charge >= 0.3 is 5.69 Å². The van der Waals surface area contributed by atoms with Crippen molar-refractivity contribution in [2.75, 3.05) is 0 Å². The van der Waals surface area contributed by atoms with Crippen LogP contribution in [0.25, 0.3) is 0 Å². The van der Waals surface area contributed by atoms with Crippen LogP contribution in [-0.4, -0.2) is 19.7 Å². The van der Waals surface area contributed by atoms with E-state index in [1.807, 2.05) is 30.3 Å². The summed E-state index contributed by atoms with van der Waals surface area (Å²) >= 11 is 1.30. The van der Waals surface area contributed by atoms with Gasteiger partial charge in [-0.1, -0.05) is 60.3 Å². The lowest BCUT2D eigenvalue weighted by atomic mass is 10.1. The quantitative estimate of drug-likeness (QED) is 0.399. The monoisotopic (exact) mass is 356 g/mol. The van der Waals surface area contributed by atoms with E-state index in [0.29, 0.717) is 29.4 Å². The molecule has 2 aromatic carbocycles. The highest BCUT2D eigenvalue weighted by Gasteiger charge is 2.15. The summed E-state index contributed by atoms with van der Waals surface area (Å²) in [6.07, 6.45) is 0.708. The summed E-state index contributed by atoms with van der Waals surface area (Å²) in [6.45, 7) is 0.499. The Morgan fingerprint density at radius 1 is 1.12 bits per heavy atom. The smallest absolute Gasteiger partial charge is 0.270 e. The van der Waals surface area contributed by atoms with Gasteiger partial charge in [0.15, 0.2) is 5.16 Å². The van der Waals surface area contributed by atoms with Crippen LogP contribution in [-0.2, 0) is 18.7 Å². The summed E-state index contributed by atoms with van der Waals surface area (Å²) in [4.78, 5) is 22.7. The third-order valence-electron chi connectivity index (χ3n) is 3.74. The molecule has 0 bridgehead atoms. The van der Waals surface area contributed by atoms with Crippen LogP contribution in [0.3, 0.4) is 0 Å². The summed E-state index contributed by atoms with van der Waals surface area (Å²) in [7, 11) is 0. The average molecular weight is 356 g/mol. The van der Waals surface area contributed by atoms with E-state index in [1.54, 1.807) is 22.8 Å². The maximum atomic E-state index is 12.0. The molecule has 0 spiro atoms. The number of nitrogens with zero attached hydrogens (tertiary/aromatic N) is 3. The summed E-state index contributed by atoms with van der Waals surface area (Å²) in [5, 5.41) is 18.1. The van der Waals surface area contributed by atoms with Gasteiger partial charge in [-0.2, -0.15) is 0 Å². The number of aryl methyl sites for hydroxylation is 1. The standard InChI is InChI=1S/C17H16N4O3S/c22-16-18-19-17(20(16)11-10-13-6-2-1-3-7-13)25-12-14-8-4-5-9-15(14)21(23)24/h1-9H,10-12H2,(H,18,22). The molecule has 7 nitrogen and oxygen atoms in total. The largest absolute Gasteiger partial charge is 0.343 e. The minimum Gasteiger partial charge on any atom is -0.270 e.